The molecule has 6 nitrogen and oxygen atoms in total. The Bertz CT molecular complexity index is 446. The van der Waals surface area contributed by atoms with Crippen LogP contribution in [0, 0.1) is 0 Å². The fraction of sp³-hybridized carbons (Fsp3) is 0.533. The standard InChI is InChI=1S/C15H25N3O3/c1-3-7-18(9-10-19)8-6-15(20)17-13-5-4-12(16)11-14(13)21-2/h4-5,11,19H,3,6-10,16H2,1-2H3,(H,17,20). The molecule has 118 valence electrons. The average molecular weight is 295 g/mol. The Morgan fingerprint density at radius 3 is 2.76 bits per heavy atom. The van der Waals surface area contributed by atoms with E-state index < -0.39 is 0 Å². The van der Waals surface area contributed by atoms with Crippen LogP contribution in [0.25, 0.3) is 0 Å². The number of benzene rings is 1. The van der Waals surface area contributed by atoms with Gasteiger partial charge in [0.25, 0.3) is 0 Å². The van der Waals surface area contributed by atoms with E-state index in [-0.39, 0.29) is 12.5 Å². The van der Waals surface area contributed by atoms with E-state index >= 15 is 0 Å². The van der Waals surface area contributed by atoms with Crippen LogP contribution in [0.15, 0.2) is 18.2 Å². The van der Waals surface area contributed by atoms with Gasteiger partial charge in [0.2, 0.25) is 5.91 Å². The Kier molecular flexibility index (Phi) is 7.56. The first kappa shape index (κ1) is 17.3. The highest BCUT2D eigenvalue weighted by molar-refractivity contribution is 5.92. The molecule has 0 spiro atoms. The normalized spacial score (nSPS) is 10.7. The molecule has 0 fully saturated rings. The largest absolute Gasteiger partial charge is 0.494 e. The molecule has 0 heterocycles. The molecular weight excluding hydrogens is 270 g/mol. The fourth-order valence-corrected chi connectivity index (χ4v) is 2.08. The first-order valence-corrected chi connectivity index (χ1v) is 7.17. The number of nitrogen functional groups attached to an aromatic ring is 1. The van der Waals surface area contributed by atoms with Gasteiger partial charge in [-0.25, -0.2) is 0 Å². The maximum Gasteiger partial charge on any atom is 0.225 e. The maximum absolute atomic E-state index is 12.0. The summed E-state index contributed by atoms with van der Waals surface area (Å²) in [5, 5.41) is 11.8. The number of nitrogens with zero attached hydrogens (tertiary/aromatic N) is 1. The predicted octanol–water partition coefficient (Wildman–Crippen LogP) is 1.31. The van der Waals surface area contributed by atoms with Gasteiger partial charge in [0.1, 0.15) is 5.75 Å². The van der Waals surface area contributed by atoms with Crippen molar-refractivity contribution in [3.05, 3.63) is 18.2 Å². The summed E-state index contributed by atoms with van der Waals surface area (Å²) < 4.78 is 5.19. The van der Waals surface area contributed by atoms with Gasteiger partial charge in [-0.15, -0.1) is 0 Å². The van der Waals surface area contributed by atoms with Gasteiger partial charge < -0.3 is 25.8 Å². The molecule has 0 unspecified atom stereocenters. The molecule has 1 aromatic rings. The highest BCUT2D eigenvalue weighted by Crippen LogP contribution is 2.26. The molecule has 6 heteroatoms. The number of carbonyl (C=O) groups is 1. The van der Waals surface area contributed by atoms with Crippen LogP contribution in [0.2, 0.25) is 0 Å². The number of hydrogen-bond donors (Lipinski definition) is 3. The van der Waals surface area contributed by atoms with E-state index in [2.05, 4.69) is 17.1 Å². The minimum Gasteiger partial charge on any atom is -0.494 e. The molecule has 4 N–H and O–H groups in total. The van der Waals surface area contributed by atoms with Crippen molar-refractivity contribution >= 4 is 17.3 Å². The molecule has 0 saturated heterocycles. The predicted molar refractivity (Wildman–Crippen MR) is 84.5 cm³/mol. The zero-order valence-corrected chi connectivity index (χ0v) is 12.8. The summed E-state index contributed by atoms with van der Waals surface area (Å²) in [6.07, 6.45) is 1.36. The van der Waals surface area contributed by atoms with Crippen LogP contribution in [-0.2, 0) is 4.79 Å². The van der Waals surface area contributed by atoms with Crippen LogP contribution in [0.1, 0.15) is 19.8 Å². The van der Waals surface area contributed by atoms with E-state index in [0.29, 0.717) is 36.6 Å². The van der Waals surface area contributed by atoms with E-state index in [4.69, 9.17) is 15.6 Å². The molecule has 1 aromatic carbocycles. The van der Waals surface area contributed by atoms with Crippen molar-refractivity contribution < 1.29 is 14.6 Å². The smallest absolute Gasteiger partial charge is 0.225 e. The Morgan fingerprint density at radius 2 is 2.14 bits per heavy atom. The molecule has 0 aliphatic heterocycles. The first-order chi connectivity index (χ1) is 10.1. The second-order valence-corrected chi connectivity index (χ2v) is 4.82. The lowest BCUT2D eigenvalue weighted by molar-refractivity contribution is -0.116. The third-order valence-electron chi connectivity index (χ3n) is 3.11. The number of nitrogens with one attached hydrogen (secondary N) is 1. The van der Waals surface area contributed by atoms with E-state index in [0.717, 1.165) is 13.0 Å². The average Bonchev–Trinajstić information content (AvgIpc) is 2.47. The van der Waals surface area contributed by atoms with E-state index in [1.807, 2.05) is 0 Å². The second kappa shape index (κ2) is 9.20. The van der Waals surface area contributed by atoms with Crippen LogP contribution in [0.4, 0.5) is 11.4 Å². The highest BCUT2D eigenvalue weighted by Gasteiger charge is 2.10. The minimum absolute atomic E-state index is 0.0860. The van der Waals surface area contributed by atoms with Crippen molar-refractivity contribution in [1.82, 2.24) is 4.90 Å². The molecular formula is C15H25N3O3. The molecule has 0 aromatic heterocycles. The number of ether oxygens (including phenoxy) is 1. The van der Waals surface area contributed by atoms with Crippen molar-refractivity contribution in [1.29, 1.82) is 0 Å². The van der Waals surface area contributed by atoms with E-state index in [1.54, 1.807) is 18.2 Å². The fourth-order valence-electron chi connectivity index (χ4n) is 2.08. The van der Waals surface area contributed by atoms with Crippen molar-refractivity contribution in [2.75, 3.05) is 44.4 Å². The number of methoxy groups -OCH3 is 1. The molecule has 0 radical (unpaired) electrons. The minimum atomic E-state index is -0.0860. The molecule has 21 heavy (non-hydrogen) atoms. The van der Waals surface area contributed by atoms with Gasteiger partial charge in [-0.3, -0.25) is 4.79 Å². The summed E-state index contributed by atoms with van der Waals surface area (Å²) in [5.41, 5.74) is 6.87. The molecule has 0 bridgehead atoms. The summed E-state index contributed by atoms with van der Waals surface area (Å²) in [5.74, 6) is 0.459. The highest BCUT2D eigenvalue weighted by atomic mass is 16.5. The third-order valence-corrected chi connectivity index (χ3v) is 3.11. The van der Waals surface area contributed by atoms with Gasteiger partial charge in [0.05, 0.1) is 19.4 Å². The van der Waals surface area contributed by atoms with Gasteiger partial charge in [0.15, 0.2) is 0 Å². The summed E-state index contributed by atoms with van der Waals surface area (Å²) >= 11 is 0. The molecule has 0 aliphatic rings. The molecule has 0 aliphatic carbocycles. The topological polar surface area (TPSA) is 87.8 Å². The van der Waals surface area contributed by atoms with Crippen LogP contribution in [0.5, 0.6) is 5.75 Å². The van der Waals surface area contributed by atoms with Gasteiger partial charge in [-0.1, -0.05) is 6.92 Å². The van der Waals surface area contributed by atoms with Crippen LogP contribution >= 0.6 is 0 Å². The zero-order chi connectivity index (χ0) is 15.7. The number of rotatable bonds is 9. The first-order valence-electron chi connectivity index (χ1n) is 7.17. The number of carbonyl (C=O) groups excluding carboxylic acids is 1. The van der Waals surface area contributed by atoms with Crippen molar-refractivity contribution in [3.8, 4) is 5.75 Å². The van der Waals surface area contributed by atoms with Gasteiger partial charge in [-0.05, 0) is 25.1 Å². The molecule has 0 saturated carbocycles. The summed E-state index contributed by atoms with van der Waals surface area (Å²) in [7, 11) is 1.54. The number of aliphatic hydroxyl groups is 1. The third kappa shape index (κ3) is 6.01. The number of aliphatic hydroxyl groups excluding tert-OH is 1. The number of hydrogen-bond acceptors (Lipinski definition) is 5. The van der Waals surface area contributed by atoms with Gasteiger partial charge in [0, 0.05) is 31.3 Å². The molecule has 0 atom stereocenters. The molecule has 1 rings (SSSR count). The van der Waals surface area contributed by atoms with Gasteiger partial charge >= 0.3 is 0 Å². The van der Waals surface area contributed by atoms with Crippen LogP contribution in [0.3, 0.4) is 0 Å². The SMILES string of the molecule is CCCN(CCO)CCC(=O)Nc1ccc(N)cc1OC. The lowest BCUT2D eigenvalue weighted by Crippen LogP contribution is -2.31. The van der Waals surface area contributed by atoms with Gasteiger partial charge in [-0.2, -0.15) is 0 Å². The Hall–Kier alpha value is -1.79. The summed E-state index contributed by atoms with van der Waals surface area (Å²) in [6.45, 7) is 4.26. The number of nitrogens with two attached hydrogens (primary N) is 1. The summed E-state index contributed by atoms with van der Waals surface area (Å²) in [6, 6.07) is 5.11. The van der Waals surface area contributed by atoms with E-state index in [9.17, 15) is 4.79 Å². The van der Waals surface area contributed by atoms with E-state index in [1.165, 1.54) is 7.11 Å². The maximum atomic E-state index is 12.0. The summed E-state index contributed by atoms with van der Waals surface area (Å²) in [4.78, 5) is 14.1. The lowest BCUT2D eigenvalue weighted by atomic mass is 10.2. The Labute approximate surface area is 125 Å². The quantitative estimate of drug-likeness (QED) is 0.598. The number of anilines is 2. The van der Waals surface area contributed by atoms with Crippen LogP contribution < -0.4 is 15.8 Å². The number of amides is 1. The molecule has 1 amide bonds. The van der Waals surface area contributed by atoms with Crippen LogP contribution in [-0.4, -0.2) is 49.3 Å². The van der Waals surface area contributed by atoms with Crippen molar-refractivity contribution in [2.45, 2.75) is 19.8 Å². The monoisotopic (exact) mass is 295 g/mol. The lowest BCUT2D eigenvalue weighted by Gasteiger charge is -2.20. The zero-order valence-electron chi connectivity index (χ0n) is 12.8. The van der Waals surface area contributed by atoms with Crippen molar-refractivity contribution in [3.63, 3.8) is 0 Å². The Balaban J connectivity index is 2.53. The second-order valence-electron chi connectivity index (χ2n) is 4.82. The Morgan fingerprint density at radius 1 is 1.38 bits per heavy atom. The van der Waals surface area contributed by atoms with Crippen molar-refractivity contribution in [2.24, 2.45) is 0 Å².